The van der Waals surface area contributed by atoms with Crippen molar-refractivity contribution in [1.82, 2.24) is 15.4 Å². The number of fused-ring (bicyclic) bond motifs is 1. The fourth-order valence-corrected chi connectivity index (χ4v) is 3.65. The molecule has 0 aliphatic rings. The van der Waals surface area contributed by atoms with Gasteiger partial charge in [0, 0.05) is 29.1 Å². The number of aromatic amines is 1. The maximum absolute atomic E-state index is 12.2. The van der Waals surface area contributed by atoms with Crippen molar-refractivity contribution >= 4 is 32.9 Å². The van der Waals surface area contributed by atoms with Crippen molar-refractivity contribution in [2.24, 2.45) is 0 Å². The van der Waals surface area contributed by atoms with E-state index in [2.05, 4.69) is 26.2 Å². The van der Waals surface area contributed by atoms with E-state index in [1.165, 1.54) is 5.06 Å². The molecule has 3 rings (SSSR count). The summed E-state index contributed by atoms with van der Waals surface area (Å²) in [5.41, 5.74) is 2.21. The number of carbonyl (C=O) groups excluding carboxylic acids is 1. The Labute approximate surface area is 178 Å². The van der Waals surface area contributed by atoms with Gasteiger partial charge in [-0.1, -0.05) is 42.5 Å². The molecule has 0 radical (unpaired) electrons. The molecule has 0 bridgehead atoms. The van der Waals surface area contributed by atoms with Crippen LogP contribution < -0.4 is 5.32 Å². The highest BCUT2D eigenvalue weighted by atomic mass is 79.9. The van der Waals surface area contributed by atoms with Crippen LogP contribution in [0, 0.1) is 0 Å². The van der Waals surface area contributed by atoms with Gasteiger partial charge in [-0.25, -0.2) is 4.79 Å². The molecule has 7 heteroatoms. The molecule has 0 spiro atoms. The fraction of sp³-hybridized carbons (Fsp3) is 0.318. The highest BCUT2D eigenvalue weighted by Gasteiger charge is 2.25. The van der Waals surface area contributed by atoms with Crippen LogP contribution in [-0.4, -0.2) is 33.5 Å². The molecule has 1 amide bonds. The third-order valence-electron chi connectivity index (χ3n) is 4.44. The predicted octanol–water partition coefficient (Wildman–Crippen LogP) is 5.39. The number of rotatable bonds is 6. The Hall–Kier alpha value is -2.35. The zero-order valence-electron chi connectivity index (χ0n) is 16.8. The minimum atomic E-state index is -0.589. The smallest absolute Gasteiger partial charge is 0.407 e. The number of halogens is 1. The largest absolute Gasteiger partial charge is 0.444 e. The van der Waals surface area contributed by atoms with E-state index >= 15 is 0 Å². The van der Waals surface area contributed by atoms with E-state index in [1.54, 1.807) is 0 Å². The molecule has 154 valence electrons. The summed E-state index contributed by atoms with van der Waals surface area (Å²) in [5, 5.41) is 15.9. The number of benzene rings is 2. The van der Waals surface area contributed by atoms with Gasteiger partial charge in [0.2, 0.25) is 0 Å². The van der Waals surface area contributed by atoms with Crippen LogP contribution in [0.3, 0.4) is 0 Å². The molecule has 3 aromatic rings. The van der Waals surface area contributed by atoms with E-state index in [4.69, 9.17) is 4.74 Å². The second kappa shape index (κ2) is 8.98. The number of para-hydroxylation sites is 1. The molecule has 0 aliphatic carbocycles. The molecule has 2 aromatic carbocycles. The lowest BCUT2D eigenvalue weighted by Crippen LogP contribution is -2.39. The highest BCUT2D eigenvalue weighted by Crippen LogP contribution is 2.31. The second-order valence-corrected chi connectivity index (χ2v) is 8.74. The Balaban J connectivity index is 1.86. The minimum Gasteiger partial charge on any atom is -0.444 e. The number of hydroxylamine groups is 2. The number of ether oxygens (including phenoxy) is 1. The molecule has 6 nitrogen and oxygen atoms in total. The number of nitrogens with zero attached hydrogens (tertiary/aromatic N) is 1. The van der Waals surface area contributed by atoms with Gasteiger partial charge in [-0.15, -0.1) is 0 Å². The first-order valence-electron chi connectivity index (χ1n) is 9.46. The van der Waals surface area contributed by atoms with Gasteiger partial charge < -0.3 is 20.2 Å². The standard InChI is InChI=1S/C22H26BrN3O3/c1-22(2,3)29-21(27)25-13-19(26(28)14-15-8-5-4-6-9-15)17-12-24-20-16(17)10-7-11-18(20)23/h4-12,19,24,28H,13-14H2,1-3H3,(H,25,27). The fourth-order valence-electron chi connectivity index (χ4n) is 3.17. The highest BCUT2D eigenvalue weighted by molar-refractivity contribution is 9.10. The van der Waals surface area contributed by atoms with Crippen LogP contribution in [0.25, 0.3) is 10.9 Å². The van der Waals surface area contributed by atoms with Gasteiger partial charge in [0.25, 0.3) is 0 Å². The number of aromatic nitrogens is 1. The van der Waals surface area contributed by atoms with Crippen molar-refractivity contribution in [1.29, 1.82) is 0 Å². The zero-order chi connectivity index (χ0) is 21.0. The van der Waals surface area contributed by atoms with E-state index in [-0.39, 0.29) is 6.54 Å². The number of carbonyl (C=O) groups is 1. The lowest BCUT2D eigenvalue weighted by Gasteiger charge is -2.27. The molecule has 1 unspecified atom stereocenters. The summed E-state index contributed by atoms with van der Waals surface area (Å²) in [6.07, 6.45) is 1.35. The molecule has 1 aromatic heterocycles. The number of amides is 1. The molecule has 0 aliphatic heterocycles. The van der Waals surface area contributed by atoms with Gasteiger partial charge in [0.05, 0.1) is 11.6 Å². The molecule has 0 saturated heterocycles. The second-order valence-electron chi connectivity index (χ2n) is 7.89. The van der Waals surface area contributed by atoms with Crippen molar-refractivity contribution in [3.8, 4) is 0 Å². The molecule has 0 fully saturated rings. The summed E-state index contributed by atoms with van der Waals surface area (Å²) < 4.78 is 6.28. The first-order chi connectivity index (χ1) is 13.7. The van der Waals surface area contributed by atoms with Crippen LogP contribution in [0.1, 0.15) is 37.9 Å². The molecular weight excluding hydrogens is 434 g/mol. The Morgan fingerprint density at radius 1 is 1.21 bits per heavy atom. The van der Waals surface area contributed by atoms with E-state index in [1.807, 2.05) is 75.5 Å². The Kier molecular flexibility index (Phi) is 6.62. The van der Waals surface area contributed by atoms with Gasteiger partial charge in [0.1, 0.15) is 5.60 Å². The van der Waals surface area contributed by atoms with Crippen molar-refractivity contribution in [3.05, 3.63) is 70.3 Å². The van der Waals surface area contributed by atoms with Crippen LogP contribution in [-0.2, 0) is 11.3 Å². The molecule has 0 saturated carbocycles. The van der Waals surface area contributed by atoms with Gasteiger partial charge in [-0.2, -0.15) is 5.06 Å². The average molecular weight is 460 g/mol. The van der Waals surface area contributed by atoms with Crippen molar-refractivity contribution in [2.45, 2.75) is 39.0 Å². The predicted molar refractivity (Wildman–Crippen MR) is 117 cm³/mol. The molecule has 3 N–H and O–H groups in total. The maximum atomic E-state index is 12.2. The third kappa shape index (κ3) is 5.59. The summed E-state index contributed by atoms with van der Waals surface area (Å²) in [7, 11) is 0. The summed E-state index contributed by atoms with van der Waals surface area (Å²) in [4.78, 5) is 15.4. The Morgan fingerprint density at radius 3 is 2.62 bits per heavy atom. The summed E-state index contributed by atoms with van der Waals surface area (Å²) in [6, 6.07) is 15.1. The van der Waals surface area contributed by atoms with E-state index in [9.17, 15) is 10.0 Å². The summed E-state index contributed by atoms with van der Waals surface area (Å²) >= 11 is 3.55. The van der Waals surface area contributed by atoms with Gasteiger partial charge in [-0.3, -0.25) is 0 Å². The first kappa shape index (κ1) is 21.4. The molecule has 1 heterocycles. The SMILES string of the molecule is CC(C)(C)OC(=O)NCC(c1c[nH]c2c(Br)cccc12)N(O)Cc1ccccc1. The first-order valence-corrected chi connectivity index (χ1v) is 10.3. The topological polar surface area (TPSA) is 77.6 Å². The number of H-pyrrole nitrogens is 1. The quantitative estimate of drug-likeness (QED) is 0.432. The number of nitrogens with one attached hydrogen (secondary N) is 2. The van der Waals surface area contributed by atoms with Crippen LogP contribution in [0.15, 0.2) is 59.2 Å². The van der Waals surface area contributed by atoms with Crippen LogP contribution in [0.4, 0.5) is 4.79 Å². The van der Waals surface area contributed by atoms with Gasteiger partial charge in [-0.05, 0) is 53.9 Å². The average Bonchev–Trinajstić information content (AvgIpc) is 3.07. The summed E-state index contributed by atoms with van der Waals surface area (Å²) in [5.74, 6) is 0. The normalized spacial score (nSPS) is 12.9. The Morgan fingerprint density at radius 2 is 1.93 bits per heavy atom. The number of alkyl carbamates (subject to hydrolysis) is 1. The van der Waals surface area contributed by atoms with Crippen LogP contribution in [0.5, 0.6) is 0 Å². The molecular formula is C22H26BrN3O3. The number of hydrogen-bond donors (Lipinski definition) is 3. The zero-order valence-corrected chi connectivity index (χ0v) is 18.4. The number of hydrogen-bond acceptors (Lipinski definition) is 4. The van der Waals surface area contributed by atoms with Gasteiger partial charge in [0.15, 0.2) is 0 Å². The van der Waals surface area contributed by atoms with Crippen molar-refractivity contribution in [3.63, 3.8) is 0 Å². The minimum absolute atomic E-state index is 0.192. The van der Waals surface area contributed by atoms with Gasteiger partial charge >= 0.3 is 6.09 Å². The maximum Gasteiger partial charge on any atom is 0.407 e. The third-order valence-corrected chi connectivity index (χ3v) is 5.10. The monoisotopic (exact) mass is 459 g/mol. The van der Waals surface area contributed by atoms with E-state index < -0.39 is 17.7 Å². The van der Waals surface area contributed by atoms with Crippen LogP contribution >= 0.6 is 15.9 Å². The lowest BCUT2D eigenvalue weighted by molar-refractivity contribution is -0.135. The lowest BCUT2D eigenvalue weighted by atomic mass is 10.0. The van der Waals surface area contributed by atoms with Crippen molar-refractivity contribution < 1.29 is 14.7 Å². The van der Waals surface area contributed by atoms with Crippen molar-refractivity contribution in [2.75, 3.05) is 6.54 Å². The Bertz CT molecular complexity index is 966. The van der Waals surface area contributed by atoms with E-state index in [0.717, 1.165) is 26.5 Å². The summed E-state index contributed by atoms with van der Waals surface area (Å²) in [6.45, 7) is 5.96. The van der Waals surface area contributed by atoms with E-state index in [0.29, 0.717) is 6.54 Å². The molecule has 29 heavy (non-hydrogen) atoms. The van der Waals surface area contributed by atoms with Crippen LogP contribution in [0.2, 0.25) is 0 Å². The molecule has 1 atom stereocenters.